The molecule has 0 heterocycles. The van der Waals surface area contributed by atoms with Crippen LogP contribution in [0.25, 0.3) is 0 Å². The lowest BCUT2D eigenvalue weighted by molar-refractivity contribution is -0.139. The van der Waals surface area contributed by atoms with Crippen LogP contribution >= 0.6 is 23.2 Å². The Kier molecular flexibility index (Phi) is 10.8. The Morgan fingerprint density at radius 1 is 0.949 bits per heavy atom. The third kappa shape index (κ3) is 7.97. The number of hydrogen-bond acceptors (Lipinski definition) is 4. The van der Waals surface area contributed by atoms with E-state index in [4.69, 9.17) is 23.2 Å². The molecule has 10 heteroatoms. The van der Waals surface area contributed by atoms with E-state index < -0.39 is 28.5 Å². The maximum atomic E-state index is 13.9. The Bertz CT molecular complexity index is 1400. The highest BCUT2D eigenvalue weighted by Gasteiger charge is 2.32. The Morgan fingerprint density at radius 2 is 1.67 bits per heavy atom. The summed E-state index contributed by atoms with van der Waals surface area (Å²) in [5.74, 6) is -0.850. The number of carbonyl (C=O) groups excluding carboxylic acids is 2. The Labute approximate surface area is 240 Å². The van der Waals surface area contributed by atoms with E-state index in [0.29, 0.717) is 6.54 Å². The Balaban J connectivity index is 2.01. The monoisotopic (exact) mass is 589 g/mol. The molecule has 208 valence electrons. The zero-order valence-electron chi connectivity index (χ0n) is 22.2. The molecular formula is C29H33Cl2N3O4S. The largest absolute Gasteiger partial charge is 0.354 e. The fourth-order valence-corrected chi connectivity index (χ4v) is 5.73. The van der Waals surface area contributed by atoms with Gasteiger partial charge < -0.3 is 10.2 Å². The van der Waals surface area contributed by atoms with Crippen LogP contribution in [0.2, 0.25) is 10.0 Å². The molecule has 39 heavy (non-hydrogen) atoms. The van der Waals surface area contributed by atoms with Crippen molar-refractivity contribution in [2.24, 2.45) is 0 Å². The minimum atomic E-state index is -4.17. The van der Waals surface area contributed by atoms with Crippen LogP contribution in [-0.4, -0.2) is 44.3 Å². The molecule has 0 spiro atoms. The summed E-state index contributed by atoms with van der Waals surface area (Å²) >= 11 is 12.3. The van der Waals surface area contributed by atoms with Gasteiger partial charge in [0, 0.05) is 13.1 Å². The average molecular weight is 591 g/mol. The number of benzene rings is 3. The van der Waals surface area contributed by atoms with Crippen LogP contribution in [0.1, 0.15) is 37.8 Å². The van der Waals surface area contributed by atoms with Gasteiger partial charge in [0.25, 0.3) is 10.0 Å². The number of nitrogens with one attached hydrogen (secondary N) is 1. The number of amides is 2. The fourth-order valence-electron chi connectivity index (χ4n) is 4.01. The lowest BCUT2D eigenvalue weighted by Crippen LogP contribution is -2.51. The molecule has 0 bridgehead atoms. The van der Waals surface area contributed by atoms with Crippen molar-refractivity contribution in [3.8, 4) is 0 Å². The second-order valence-corrected chi connectivity index (χ2v) is 11.9. The first kappa shape index (κ1) is 30.5. The number of halogens is 2. The topological polar surface area (TPSA) is 86.8 Å². The van der Waals surface area contributed by atoms with Crippen LogP contribution in [0.15, 0.2) is 77.7 Å². The summed E-state index contributed by atoms with van der Waals surface area (Å²) in [6.45, 7) is 5.67. The molecule has 3 aromatic carbocycles. The fraction of sp³-hybridized carbons (Fsp3) is 0.310. The van der Waals surface area contributed by atoms with Crippen LogP contribution in [-0.2, 0) is 26.2 Å². The van der Waals surface area contributed by atoms with Gasteiger partial charge in [-0.05, 0) is 56.2 Å². The molecule has 0 unspecified atom stereocenters. The second-order valence-electron chi connectivity index (χ2n) is 9.25. The zero-order valence-corrected chi connectivity index (χ0v) is 24.6. The molecule has 0 aliphatic rings. The molecule has 0 aromatic heterocycles. The summed E-state index contributed by atoms with van der Waals surface area (Å²) in [6.07, 6.45) is 1.72. The highest BCUT2D eigenvalue weighted by atomic mass is 35.5. The summed E-state index contributed by atoms with van der Waals surface area (Å²) in [6, 6.07) is 19.0. The van der Waals surface area contributed by atoms with Crippen LogP contribution in [0.3, 0.4) is 0 Å². The maximum Gasteiger partial charge on any atom is 0.264 e. The average Bonchev–Trinajstić information content (AvgIpc) is 2.92. The number of rotatable bonds is 12. The minimum absolute atomic E-state index is 0.0134. The van der Waals surface area contributed by atoms with Gasteiger partial charge in [0.15, 0.2) is 0 Å². The molecular weight excluding hydrogens is 557 g/mol. The molecule has 0 fully saturated rings. The van der Waals surface area contributed by atoms with E-state index in [1.807, 2.05) is 38.1 Å². The predicted octanol–water partition coefficient (Wildman–Crippen LogP) is 5.83. The zero-order chi connectivity index (χ0) is 28.6. The van der Waals surface area contributed by atoms with Gasteiger partial charge in [-0.3, -0.25) is 13.9 Å². The normalized spacial score (nSPS) is 12.0. The SMILES string of the molecule is CCCCNC(=O)[C@@H](C)N(Cc1cccc(C)c1)C(=O)CN(c1ccc(Cl)c(Cl)c1)S(=O)(=O)c1ccccc1. The molecule has 0 aliphatic carbocycles. The van der Waals surface area contributed by atoms with Gasteiger partial charge in [-0.2, -0.15) is 0 Å². The molecule has 3 aromatic rings. The van der Waals surface area contributed by atoms with Crippen molar-refractivity contribution < 1.29 is 18.0 Å². The van der Waals surface area contributed by atoms with Gasteiger partial charge in [-0.15, -0.1) is 0 Å². The molecule has 3 rings (SSSR count). The Morgan fingerprint density at radius 3 is 2.31 bits per heavy atom. The number of aryl methyl sites for hydroxylation is 1. The van der Waals surface area contributed by atoms with E-state index in [2.05, 4.69) is 5.32 Å². The summed E-state index contributed by atoms with van der Waals surface area (Å²) in [4.78, 5) is 28.3. The molecule has 7 nitrogen and oxygen atoms in total. The number of nitrogens with zero attached hydrogens (tertiary/aromatic N) is 2. The molecule has 0 saturated heterocycles. The molecule has 1 N–H and O–H groups in total. The van der Waals surface area contributed by atoms with E-state index in [1.165, 1.54) is 35.2 Å². The van der Waals surface area contributed by atoms with Gasteiger partial charge in [0.2, 0.25) is 11.8 Å². The number of carbonyl (C=O) groups is 2. The number of anilines is 1. The van der Waals surface area contributed by atoms with Crippen molar-refractivity contribution in [1.29, 1.82) is 0 Å². The summed E-state index contributed by atoms with van der Waals surface area (Å²) in [5, 5.41) is 3.27. The predicted molar refractivity (Wildman–Crippen MR) is 157 cm³/mol. The van der Waals surface area contributed by atoms with E-state index in [-0.39, 0.29) is 33.1 Å². The van der Waals surface area contributed by atoms with Crippen LogP contribution in [0.5, 0.6) is 0 Å². The lowest BCUT2D eigenvalue weighted by atomic mass is 10.1. The van der Waals surface area contributed by atoms with E-state index in [9.17, 15) is 18.0 Å². The molecule has 1 atom stereocenters. The van der Waals surface area contributed by atoms with Crippen LogP contribution in [0.4, 0.5) is 5.69 Å². The van der Waals surface area contributed by atoms with Gasteiger partial charge in [-0.1, -0.05) is 84.6 Å². The first-order valence-electron chi connectivity index (χ1n) is 12.7. The standard InChI is InChI=1S/C29H33Cl2N3O4S/c1-4-5-16-32-29(36)22(3)33(19-23-11-9-10-21(2)17-23)28(35)20-34(24-14-15-26(30)27(31)18-24)39(37,38)25-12-7-6-8-13-25/h6-15,17-18,22H,4-5,16,19-20H2,1-3H3,(H,32,36)/t22-/m1/s1. The number of sulfonamides is 1. The molecule has 2 amide bonds. The quantitative estimate of drug-likeness (QED) is 0.269. The summed E-state index contributed by atoms with van der Waals surface area (Å²) < 4.78 is 28.5. The van der Waals surface area contributed by atoms with Gasteiger partial charge in [0.1, 0.15) is 12.6 Å². The first-order chi connectivity index (χ1) is 18.5. The van der Waals surface area contributed by atoms with Crippen molar-refractivity contribution in [1.82, 2.24) is 10.2 Å². The smallest absolute Gasteiger partial charge is 0.264 e. The highest BCUT2D eigenvalue weighted by molar-refractivity contribution is 7.92. The Hall–Kier alpha value is -3.07. The van der Waals surface area contributed by atoms with Crippen LogP contribution < -0.4 is 9.62 Å². The highest BCUT2D eigenvalue weighted by Crippen LogP contribution is 2.31. The van der Waals surface area contributed by atoms with Crippen LogP contribution in [0, 0.1) is 6.92 Å². The van der Waals surface area contributed by atoms with E-state index in [1.54, 1.807) is 25.1 Å². The number of unbranched alkanes of at least 4 members (excludes halogenated alkanes) is 1. The van der Waals surface area contributed by atoms with Crippen molar-refractivity contribution in [2.45, 2.75) is 51.1 Å². The summed E-state index contributed by atoms with van der Waals surface area (Å²) in [7, 11) is -4.17. The lowest BCUT2D eigenvalue weighted by Gasteiger charge is -2.32. The second kappa shape index (κ2) is 13.8. The van der Waals surface area contributed by atoms with Gasteiger partial charge in [0.05, 0.1) is 20.6 Å². The van der Waals surface area contributed by atoms with Crippen molar-refractivity contribution in [3.05, 3.63) is 94.0 Å². The maximum absolute atomic E-state index is 13.9. The first-order valence-corrected chi connectivity index (χ1v) is 14.9. The van der Waals surface area contributed by atoms with Gasteiger partial charge >= 0.3 is 0 Å². The minimum Gasteiger partial charge on any atom is -0.354 e. The number of hydrogen-bond donors (Lipinski definition) is 1. The van der Waals surface area contributed by atoms with E-state index >= 15 is 0 Å². The third-order valence-electron chi connectivity index (χ3n) is 6.23. The summed E-state index contributed by atoms with van der Waals surface area (Å²) in [5.41, 5.74) is 2.00. The van der Waals surface area contributed by atoms with Crippen molar-refractivity contribution >= 4 is 50.7 Å². The molecule has 0 saturated carbocycles. The molecule has 0 aliphatic heterocycles. The van der Waals surface area contributed by atoms with E-state index in [0.717, 1.165) is 28.3 Å². The van der Waals surface area contributed by atoms with Crippen molar-refractivity contribution in [2.75, 3.05) is 17.4 Å². The van der Waals surface area contributed by atoms with Gasteiger partial charge in [-0.25, -0.2) is 8.42 Å². The third-order valence-corrected chi connectivity index (χ3v) is 8.76. The van der Waals surface area contributed by atoms with Crippen molar-refractivity contribution in [3.63, 3.8) is 0 Å². The molecule has 0 radical (unpaired) electrons.